The van der Waals surface area contributed by atoms with E-state index in [1.807, 2.05) is 24.3 Å². The van der Waals surface area contributed by atoms with Gasteiger partial charge in [-0.05, 0) is 47.0 Å². The molecule has 5 nitrogen and oxygen atoms in total. The third-order valence-corrected chi connectivity index (χ3v) is 5.03. The highest BCUT2D eigenvalue weighted by molar-refractivity contribution is 8.03. The van der Waals surface area contributed by atoms with Gasteiger partial charge >= 0.3 is 0 Å². The lowest BCUT2D eigenvalue weighted by molar-refractivity contribution is 0.220. The van der Waals surface area contributed by atoms with Crippen LogP contribution in [0.2, 0.25) is 0 Å². The summed E-state index contributed by atoms with van der Waals surface area (Å²) in [5, 5.41) is 20.6. The largest absolute Gasteiger partial charge is 0.398 e. The number of aliphatic hydroxyl groups is 1. The molecule has 0 aliphatic heterocycles. The quantitative estimate of drug-likeness (QED) is 0.357. The molecule has 1 heterocycles. The van der Waals surface area contributed by atoms with E-state index in [0.717, 1.165) is 10.5 Å². The summed E-state index contributed by atoms with van der Waals surface area (Å²) in [6, 6.07) is 20.2. The number of hydrogen-bond acceptors (Lipinski definition) is 6. The first-order valence-corrected chi connectivity index (χ1v) is 9.02. The Morgan fingerprint density at radius 2 is 1.78 bits per heavy atom. The fourth-order valence-electron chi connectivity index (χ4n) is 2.61. The van der Waals surface area contributed by atoms with Gasteiger partial charge < -0.3 is 16.6 Å². The molecule has 1 aromatic heterocycles. The summed E-state index contributed by atoms with van der Waals surface area (Å²) in [7, 11) is 0. The molecule has 1 atom stereocenters. The van der Waals surface area contributed by atoms with Crippen molar-refractivity contribution in [3.05, 3.63) is 94.8 Å². The lowest BCUT2D eigenvalue weighted by Crippen LogP contribution is -2.02. The van der Waals surface area contributed by atoms with Gasteiger partial charge in [-0.25, -0.2) is 0 Å². The van der Waals surface area contributed by atoms with Crippen LogP contribution < -0.4 is 11.5 Å². The maximum atomic E-state index is 10.6. The standard InChI is InChI=1S/C21H18N4OS/c22-13-17(21(24)27-19-7-2-1-6-18(19)23)15-4-3-5-16(12-15)20(26)14-8-10-25-11-9-14/h1-12,20,26H,23-24H2/b21-17-. The second kappa shape index (κ2) is 8.41. The van der Waals surface area contributed by atoms with Crippen LogP contribution in [-0.4, -0.2) is 10.1 Å². The van der Waals surface area contributed by atoms with Gasteiger partial charge in [-0.1, -0.05) is 42.1 Å². The number of pyridine rings is 1. The number of anilines is 1. The minimum Gasteiger partial charge on any atom is -0.398 e. The van der Waals surface area contributed by atoms with Crippen molar-refractivity contribution < 1.29 is 5.11 Å². The highest BCUT2D eigenvalue weighted by Gasteiger charge is 2.14. The number of nitrogens with two attached hydrogens (primary N) is 2. The molecule has 2 aromatic carbocycles. The minimum absolute atomic E-state index is 0.340. The zero-order chi connectivity index (χ0) is 19.2. The van der Waals surface area contributed by atoms with Gasteiger partial charge in [0.25, 0.3) is 0 Å². The Hall–Kier alpha value is -3.27. The number of hydrogen-bond donors (Lipinski definition) is 3. The molecular weight excluding hydrogens is 356 g/mol. The summed E-state index contributed by atoms with van der Waals surface area (Å²) < 4.78 is 0. The van der Waals surface area contributed by atoms with Gasteiger partial charge in [-0.2, -0.15) is 5.26 Å². The molecule has 134 valence electrons. The van der Waals surface area contributed by atoms with Crippen molar-refractivity contribution in [2.24, 2.45) is 5.73 Å². The molecule has 0 aliphatic carbocycles. The number of aliphatic hydroxyl groups excluding tert-OH is 1. The van der Waals surface area contributed by atoms with E-state index in [0.29, 0.717) is 27.4 Å². The maximum absolute atomic E-state index is 10.6. The Kier molecular flexibility index (Phi) is 5.77. The molecule has 0 saturated heterocycles. The Morgan fingerprint density at radius 1 is 1.04 bits per heavy atom. The molecule has 0 amide bonds. The van der Waals surface area contributed by atoms with E-state index >= 15 is 0 Å². The number of nitrogens with zero attached hydrogens (tertiary/aromatic N) is 2. The molecule has 0 aliphatic rings. The van der Waals surface area contributed by atoms with Crippen LogP contribution in [0, 0.1) is 11.3 Å². The predicted octanol–water partition coefficient (Wildman–Crippen LogP) is 3.69. The Balaban J connectivity index is 1.94. The van der Waals surface area contributed by atoms with Gasteiger partial charge in [-0.3, -0.25) is 4.98 Å². The van der Waals surface area contributed by atoms with Crippen molar-refractivity contribution in [1.29, 1.82) is 5.26 Å². The van der Waals surface area contributed by atoms with Crippen molar-refractivity contribution in [3.63, 3.8) is 0 Å². The molecule has 27 heavy (non-hydrogen) atoms. The predicted molar refractivity (Wildman–Crippen MR) is 108 cm³/mol. The number of nitriles is 1. The molecule has 0 radical (unpaired) electrons. The van der Waals surface area contributed by atoms with Crippen LogP contribution in [0.4, 0.5) is 5.69 Å². The SMILES string of the molecule is N#C/C(=C(\N)Sc1ccccc1N)c1cccc(C(O)c2ccncc2)c1. The number of aromatic nitrogens is 1. The summed E-state index contributed by atoms with van der Waals surface area (Å²) in [5.74, 6) is 0. The fourth-order valence-corrected chi connectivity index (χ4v) is 3.44. The molecule has 6 heteroatoms. The van der Waals surface area contributed by atoms with Gasteiger partial charge in [0.05, 0.1) is 10.6 Å². The highest BCUT2D eigenvalue weighted by atomic mass is 32.2. The third-order valence-electron chi connectivity index (χ3n) is 4.01. The first-order chi connectivity index (χ1) is 13.1. The second-order valence-electron chi connectivity index (χ2n) is 5.80. The average Bonchev–Trinajstić information content (AvgIpc) is 2.70. The molecule has 3 rings (SSSR count). The Bertz CT molecular complexity index is 1010. The van der Waals surface area contributed by atoms with Gasteiger partial charge in [0, 0.05) is 23.0 Å². The molecular formula is C21H18N4OS. The first kappa shape index (κ1) is 18.5. The molecule has 0 saturated carbocycles. The normalized spacial score (nSPS) is 12.7. The van der Waals surface area contributed by atoms with Crippen LogP contribution in [0.15, 0.2) is 83.0 Å². The van der Waals surface area contributed by atoms with Crippen LogP contribution in [0.25, 0.3) is 5.57 Å². The lowest BCUT2D eigenvalue weighted by atomic mass is 9.98. The summed E-state index contributed by atoms with van der Waals surface area (Å²) >= 11 is 1.25. The van der Waals surface area contributed by atoms with Crippen LogP contribution in [0.5, 0.6) is 0 Å². The van der Waals surface area contributed by atoms with Gasteiger partial charge in [0.15, 0.2) is 0 Å². The average molecular weight is 374 g/mol. The van der Waals surface area contributed by atoms with Gasteiger partial charge in [0.1, 0.15) is 12.2 Å². The molecule has 1 unspecified atom stereocenters. The monoisotopic (exact) mass is 374 g/mol. The summed E-state index contributed by atoms with van der Waals surface area (Å²) in [4.78, 5) is 4.75. The van der Waals surface area contributed by atoms with E-state index in [1.54, 1.807) is 48.8 Å². The zero-order valence-electron chi connectivity index (χ0n) is 14.4. The van der Waals surface area contributed by atoms with Crippen molar-refractivity contribution >= 4 is 23.0 Å². The van der Waals surface area contributed by atoms with Crippen molar-refractivity contribution in [2.45, 2.75) is 11.0 Å². The number of nitrogen functional groups attached to an aromatic ring is 1. The van der Waals surface area contributed by atoms with Gasteiger partial charge in [0.2, 0.25) is 0 Å². The molecule has 0 bridgehead atoms. The summed E-state index contributed by atoms with van der Waals surface area (Å²) in [6.07, 6.45) is 2.44. The summed E-state index contributed by atoms with van der Waals surface area (Å²) in [6.45, 7) is 0. The first-order valence-electron chi connectivity index (χ1n) is 8.20. The highest BCUT2D eigenvalue weighted by Crippen LogP contribution is 2.33. The van der Waals surface area contributed by atoms with Gasteiger partial charge in [-0.15, -0.1) is 0 Å². The molecule has 0 fully saturated rings. The molecule has 3 aromatic rings. The second-order valence-corrected chi connectivity index (χ2v) is 6.88. The van der Waals surface area contributed by atoms with E-state index in [-0.39, 0.29) is 0 Å². The lowest BCUT2D eigenvalue weighted by Gasteiger charge is -2.13. The van der Waals surface area contributed by atoms with E-state index in [2.05, 4.69) is 11.1 Å². The van der Waals surface area contributed by atoms with E-state index in [4.69, 9.17) is 11.5 Å². The number of thioether (sulfide) groups is 1. The van der Waals surface area contributed by atoms with Crippen LogP contribution in [-0.2, 0) is 0 Å². The topological polar surface area (TPSA) is 109 Å². The van der Waals surface area contributed by atoms with Crippen LogP contribution >= 0.6 is 11.8 Å². The van der Waals surface area contributed by atoms with Crippen molar-refractivity contribution in [3.8, 4) is 6.07 Å². The van der Waals surface area contributed by atoms with Crippen LogP contribution in [0.1, 0.15) is 22.8 Å². The minimum atomic E-state index is -0.813. The summed E-state index contributed by atoms with van der Waals surface area (Å²) in [5.41, 5.74) is 15.1. The van der Waals surface area contributed by atoms with E-state index in [1.165, 1.54) is 11.8 Å². The Labute approximate surface area is 162 Å². The maximum Gasteiger partial charge on any atom is 0.104 e. The van der Waals surface area contributed by atoms with Crippen LogP contribution in [0.3, 0.4) is 0 Å². The zero-order valence-corrected chi connectivity index (χ0v) is 15.2. The molecule has 5 N–H and O–H groups in total. The number of para-hydroxylation sites is 1. The van der Waals surface area contributed by atoms with Crippen molar-refractivity contribution in [2.75, 3.05) is 5.73 Å². The van der Waals surface area contributed by atoms with Crippen molar-refractivity contribution in [1.82, 2.24) is 4.98 Å². The third kappa shape index (κ3) is 4.29. The number of benzene rings is 2. The number of allylic oxidation sites excluding steroid dienone is 1. The number of rotatable bonds is 5. The Morgan fingerprint density at radius 3 is 2.48 bits per heavy atom. The fraction of sp³-hybridized carbons (Fsp3) is 0.0476. The van der Waals surface area contributed by atoms with E-state index < -0.39 is 6.10 Å². The van der Waals surface area contributed by atoms with E-state index in [9.17, 15) is 10.4 Å². The molecule has 0 spiro atoms. The smallest absolute Gasteiger partial charge is 0.104 e.